The molecule has 0 aromatic carbocycles. The molecule has 1 aliphatic rings. The van der Waals surface area contributed by atoms with Crippen molar-refractivity contribution in [1.29, 1.82) is 0 Å². The Balaban J connectivity index is 1.94. The fourth-order valence-corrected chi connectivity index (χ4v) is 2.65. The summed E-state index contributed by atoms with van der Waals surface area (Å²) in [4.78, 5) is 13.1. The van der Waals surface area contributed by atoms with Crippen molar-refractivity contribution in [3.8, 4) is 0 Å². The maximum absolute atomic E-state index is 12.1. The van der Waals surface area contributed by atoms with Crippen LogP contribution < -0.4 is 5.32 Å². The zero-order valence-electron chi connectivity index (χ0n) is 9.54. The van der Waals surface area contributed by atoms with E-state index in [-0.39, 0.29) is 31.6 Å². The Hall–Kier alpha value is -1.08. The van der Waals surface area contributed by atoms with E-state index >= 15 is 0 Å². The van der Waals surface area contributed by atoms with Crippen LogP contribution in [-0.4, -0.2) is 30.1 Å². The van der Waals surface area contributed by atoms with E-state index in [2.05, 4.69) is 5.32 Å². The number of hydrogen-bond donors (Lipinski definition) is 1. The molecule has 3 nitrogen and oxygen atoms in total. The van der Waals surface area contributed by atoms with Crippen LogP contribution in [0.3, 0.4) is 0 Å². The number of thiophene rings is 1. The first-order chi connectivity index (χ1) is 8.47. The van der Waals surface area contributed by atoms with Crippen LogP contribution in [0.4, 0.5) is 13.2 Å². The van der Waals surface area contributed by atoms with E-state index in [4.69, 9.17) is 0 Å². The van der Waals surface area contributed by atoms with Gasteiger partial charge in [-0.2, -0.15) is 24.5 Å². The zero-order valence-corrected chi connectivity index (χ0v) is 10.4. The van der Waals surface area contributed by atoms with Gasteiger partial charge in [-0.1, -0.05) is 0 Å². The number of nitrogens with zero attached hydrogens (tertiary/aromatic N) is 1. The van der Waals surface area contributed by atoms with Crippen molar-refractivity contribution >= 4 is 17.2 Å². The van der Waals surface area contributed by atoms with Gasteiger partial charge in [-0.05, 0) is 28.8 Å². The Kier molecular flexibility index (Phi) is 3.91. The third-order valence-corrected chi connectivity index (χ3v) is 3.50. The largest absolute Gasteiger partial charge is 0.389 e. The van der Waals surface area contributed by atoms with E-state index < -0.39 is 12.6 Å². The first kappa shape index (κ1) is 13.4. The predicted molar refractivity (Wildman–Crippen MR) is 62.1 cm³/mol. The SMILES string of the molecule is O=C1CNC(c2ccsc2)N1CCCC(F)(F)F. The molecule has 0 bridgehead atoms. The van der Waals surface area contributed by atoms with Crippen molar-refractivity contribution in [2.24, 2.45) is 0 Å². The van der Waals surface area contributed by atoms with Gasteiger partial charge in [-0.25, -0.2) is 0 Å². The van der Waals surface area contributed by atoms with Crippen LogP contribution in [0.15, 0.2) is 16.8 Å². The fraction of sp³-hybridized carbons (Fsp3) is 0.545. The molecule has 1 atom stereocenters. The number of halogens is 3. The van der Waals surface area contributed by atoms with Crippen LogP contribution in [0.2, 0.25) is 0 Å². The van der Waals surface area contributed by atoms with Gasteiger partial charge in [0.1, 0.15) is 6.17 Å². The molecule has 1 aromatic heterocycles. The average Bonchev–Trinajstić information content (AvgIpc) is 2.87. The summed E-state index contributed by atoms with van der Waals surface area (Å²) in [6, 6.07) is 1.87. The molecule has 0 saturated carbocycles. The number of alkyl halides is 3. The van der Waals surface area contributed by atoms with Crippen LogP contribution in [0, 0.1) is 0 Å². The maximum atomic E-state index is 12.1. The van der Waals surface area contributed by atoms with E-state index in [1.807, 2.05) is 16.8 Å². The summed E-state index contributed by atoms with van der Waals surface area (Å²) in [6.07, 6.45) is -5.35. The molecule has 1 saturated heterocycles. The van der Waals surface area contributed by atoms with E-state index in [0.29, 0.717) is 0 Å². The molecule has 100 valence electrons. The molecule has 18 heavy (non-hydrogen) atoms. The van der Waals surface area contributed by atoms with Gasteiger partial charge in [0.2, 0.25) is 5.91 Å². The lowest BCUT2D eigenvalue weighted by molar-refractivity contribution is -0.139. The lowest BCUT2D eigenvalue weighted by Crippen LogP contribution is -2.31. The van der Waals surface area contributed by atoms with Gasteiger partial charge in [0.15, 0.2) is 0 Å². The molecule has 1 fully saturated rings. The Labute approximate surface area is 107 Å². The van der Waals surface area contributed by atoms with Crippen molar-refractivity contribution in [1.82, 2.24) is 10.2 Å². The summed E-state index contributed by atoms with van der Waals surface area (Å²) in [5.74, 6) is -0.145. The van der Waals surface area contributed by atoms with Crippen LogP contribution in [0.25, 0.3) is 0 Å². The number of rotatable bonds is 4. The number of carbonyl (C=O) groups is 1. The zero-order chi connectivity index (χ0) is 13.2. The van der Waals surface area contributed by atoms with Crippen molar-refractivity contribution in [2.75, 3.05) is 13.1 Å². The standard InChI is InChI=1S/C11H13F3N2OS/c12-11(13,14)3-1-4-16-9(17)6-15-10(16)8-2-5-18-7-8/h2,5,7,10,15H,1,3-4,6H2. The highest BCUT2D eigenvalue weighted by Gasteiger charge is 2.33. The molecular formula is C11H13F3N2OS. The highest BCUT2D eigenvalue weighted by atomic mass is 32.1. The molecule has 7 heteroatoms. The molecule has 1 N–H and O–H groups in total. The number of carbonyl (C=O) groups excluding carboxylic acids is 1. The summed E-state index contributed by atoms with van der Waals surface area (Å²) in [5.41, 5.74) is 0.929. The highest BCUT2D eigenvalue weighted by molar-refractivity contribution is 7.07. The summed E-state index contributed by atoms with van der Waals surface area (Å²) in [5, 5.41) is 6.79. The monoisotopic (exact) mass is 278 g/mol. The van der Waals surface area contributed by atoms with E-state index in [9.17, 15) is 18.0 Å². The molecule has 0 radical (unpaired) electrons. The number of nitrogens with one attached hydrogen (secondary N) is 1. The smallest absolute Gasteiger partial charge is 0.322 e. The van der Waals surface area contributed by atoms with Gasteiger partial charge in [-0.3, -0.25) is 10.1 Å². The lowest BCUT2D eigenvalue weighted by atomic mass is 10.2. The average molecular weight is 278 g/mol. The van der Waals surface area contributed by atoms with Crippen molar-refractivity contribution < 1.29 is 18.0 Å². The van der Waals surface area contributed by atoms with Crippen molar-refractivity contribution in [3.05, 3.63) is 22.4 Å². The fourth-order valence-electron chi connectivity index (χ4n) is 1.97. The Morgan fingerprint density at radius 3 is 2.89 bits per heavy atom. The summed E-state index contributed by atoms with van der Waals surface area (Å²) in [6.45, 7) is 0.318. The molecular weight excluding hydrogens is 265 g/mol. The normalized spacial score (nSPS) is 20.7. The van der Waals surface area contributed by atoms with Crippen molar-refractivity contribution in [2.45, 2.75) is 25.2 Å². The third kappa shape index (κ3) is 3.23. The van der Waals surface area contributed by atoms with Crippen molar-refractivity contribution in [3.63, 3.8) is 0 Å². The quantitative estimate of drug-likeness (QED) is 0.918. The van der Waals surface area contributed by atoms with Crippen LogP contribution >= 0.6 is 11.3 Å². The second kappa shape index (κ2) is 5.27. The summed E-state index contributed by atoms with van der Waals surface area (Å²) in [7, 11) is 0. The minimum atomic E-state index is -4.16. The minimum Gasteiger partial charge on any atom is -0.322 e. The Morgan fingerprint density at radius 2 is 2.28 bits per heavy atom. The van der Waals surface area contributed by atoms with Gasteiger partial charge in [0, 0.05) is 13.0 Å². The second-order valence-corrected chi connectivity index (χ2v) is 4.93. The minimum absolute atomic E-state index is 0.0580. The lowest BCUT2D eigenvalue weighted by Gasteiger charge is -2.24. The molecule has 2 heterocycles. The molecule has 0 aliphatic carbocycles. The van der Waals surface area contributed by atoms with Gasteiger partial charge < -0.3 is 4.90 Å². The van der Waals surface area contributed by atoms with Gasteiger partial charge in [0.05, 0.1) is 6.54 Å². The molecule has 0 spiro atoms. The Bertz CT molecular complexity index is 405. The molecule has 1 aliphatic heterocycles. The van der Waals surface area contributed by atoms with Crippen LogP contribution in [0.1, 0.15) is 24.6 Å². The topological polar surface area (TPSA) is 32.3 Å². The van der Waals surface area contributed by atoms with Gasteiger partial charge in [-0.15, -0.1) is 0 Å². The van der Waals surface area contributed by atoms with Gasteiger partial charge in [0.25, 0.3) is 0 Å². The van der Waals surface area contributed by atoms with Gasteiger partial charge >= 0.3 is 6.18 Å². The number of amides is 1. The number of hydrogen-bond acceptors (Lipinski definition) is 3. The molecule has 1 unspecified atom stereocenters. The predicted octanol–water partition coefficient (Wildman–Crippen LogP) is 2.52. The molecule has 2 rings (SSSR count). The first-order valence-corrected chi connectivity index (χ1v) is 6.53. The third-order valence-electron chi connectivity index (χ3n) is 2.80. The summed E-state index contributed by atoms with van der Waals surface area (Å²) < 4.78 is 36.2. The highest BCUT2D eigenvalue weighted by Crippen LogP contribution is 2.26. The van der Waals surface area contributed by atoms with Crippen LogP contribution in [0.5, 0.6) is 0 Å². The van der Waals surface area contributed by atoms with E-state index in [1.165, 1.54) is 16.2 Å². The second-order valence-electron chi connectivity index (χ2n) is 4.15. The van der Waals surface area contributed by atoms with E-state index in [0.717, 1.165) is 5.56 Å². The van der Waals surface area contributed by atoms with Crippen LogP contribution in [-0.2, 0) is 4.79 Å². The maximum Gasteiger partial charge on any atom is 0.389 e. The molecule has 1 aromatic rings. The first-order valence-electron chi connectivity index (χ1n) is 5.59. The van der Waals surface area contributed by atoms with E-state index in [1.54, 1.807) is 0 Å². The summed E-state index contributed by atoms with van der Waals surface area (Å²) >= 11 is 1.50. The Morgan fingerprint density at radius 1 is 1.50 bits per heavy atom. The molecule has 1 amide bonds.